The van der Waals surface area contributed by atoms with Crippen LogP contribution in [0.3, 0.4) is 0 Å². The minimum absolute atomic E-state index is 0.0641. The SMILES string of the molecule is CSNC1CCCN(C(=O)C2CC2c2ccccc2-c2cccc(F)c2F)C1. The number of amides is 1. The molecule has 0 spiro atoms. The van der Waals surface area contributed by atoms with Crippen LogP contribution in [0.5, 0.6) is 0 Å². The summed E-state index contributed by atoms with van der Waals surface area (Å²) in [4.78, 5) is 15.0. The molecule has 2 aromatic rings. The van der Waals surface area contributed by atoms with Gasteiger partial charge in [-0.1, -0.05) is 48.3 Å². The van der Waals surface area contributed by atoms with Crippen LogP contribution in [0, 0.1) is 17.6 Å². The molecule has 1 saturated heterocycles. The Balaban J connectivity index is 1.53. The van der Waals surface area contributed by atoms with Crippen molar-refractivity contribution < 1.29 is 13.6 Å². The zero-order valence-electron chi connectivity index (χ0n) is 15.8. The number of nitrogens with zero attached hydrogens (tertiary/aromatic N) is 1. The largest absolute Gasteiger partial charge is 0.341 e. The Morgan fingerprint density at radius 2 is 1.93 bits per heavy atom. The lowest BCUT2D eigenvalue weighted by Crippen LogP contribution is -2.46. The van der Waals surface area contributed by atoms with E-state index in [1.54, 1.807) is 18.0 Å². The molecular formula is C22H24F2N2OS. The van der Waals surface area contributed by atoms with Crippen molar-refractivity contribution in [3.63, 3.8) is 0 Å². The molecule has 0 radical (unpaired) electrons. The minimum Gasteiger partial charge on any atom is -0.341 e. The van der Waals surface area contributed by atoms with Crippen molar-refractivity contribution in [3.05, 3.63) is 59.7 Å². The van der Waals surface area contributed by atoms with E-state index in [1.807, 2.05) is 35.4 Å². The Labute approximate surface area is 168 Å². The summed E-state index contributed by atoms with van der Waals surface area (Å²) in [5.74, 6) is -1.49. The normalized spacial score (nSPS) is 24.2. The average Bonchev–Trinajstić information content (AvgIpc) is 3.51. The van der Waals surface area contributed by atoms with Crippen LogP contribution in [0.4, 0.5) is 8.78 Å². The van der Waals surface area contributed by atoms with E-state index in [4.69, 9.17) is 0 Å². The molecule has 3 nitrogen and oxygen atoms in total. The highest BCUT2D eigenvalue weighted by atomic mass is 32.2. The summed E-state index contributed by atoms with van der Waals surface area (Å²) in [7, 11) is 0. The summed E-state index contributed by atoms with van der Waals surface area (Å²) < 4.78 is 31.4. The Bertz CT molecular complexity index is 873. The fourth-order valence-corrected chi connectivity index (χ4v) is 4.79. The molecule has 148 valence electrons. The van der Waals surface area contributed by atoms with E-state index < -0.39 is 11.6 Å². The predicted octanol–water partition coefficient (Wildman–Crippen LogP) is 4.59. The van der Waals surface area contributed by atoms with Gasteiger partial charge in [0, 0.05) is 30.6 Å². The fourth-order valence-electron chi connectivity index (χ4n) is 4.26. The van der Waals surface area contributed by atoms with Crippen LogP contribution in [-0.4, -0.2) is 36.2 Å². The second-order valence-corrected chi connectivity index (χ2v) is 8.23. The molecule has 0 bridgehead atoms. The van der Waals surface area contributed by atoms with Gasteiger partial charge in [-0.2, -0.15) is 0 Å². The molecule has 2 aromatic carbocycles. The summed E-state index contributed by atoms with van der Waals surface area (Å²) >= 11 is 1.59. The van der Waals surface area contributed by atoms with Gasteiger partial charge in [0.2, 0.25) is 5.91 Å². The zero-order valence-corrected chi connectivity index (χ0v) is 16.6. The van der Waals surface area contributed by atoms with E-state index in [2.05, 4.69) is 4.72 Å². The second-order valence-electron chi connectivity index (χ2n) is 7.58. The number of likely N-dealkylation sites (tertiary alicyclic amines) is 1. The minimum atomic E-state index is -0.851. The molecule has 0 aromatic heterocycles. The highest BCUT2D eigenvalue weighted by Crippen LogP contribution is 2.51. The summed E-state index contributed by atoms with van der Waals surface area (Å²) in [5, 5.41) is 0. The molecule has 1 N–H and O–H groups in total. The number of hydrogen-bond acceptors (Lipinski definition) is 3. The molecule has 1 aliphatic heterocycles. The van der Waals surface area contributed by atoms with E-state index in [-0.39, 0.29) is 23.3 Å². The van der Waals surface area contributed by atoms with Gasteiger partial charge in [-0.15, -0.1) is 0 Å². The van der Waals surface area contributed by atoms with Crippen LogP contribution in [0.1, 0.15) is 30.7 Å². The average molecular weight is 403 g/mol. The lowest BCUT2D eigenvalue weighted by molar-refractivity contribution is -0.133. The van der Waals surface area contributed by atoms with Gasteiger partial charge in [0.25, 0.3) is 0 Å². The first-order valence-corrected chi connectivity index (χ1v) is 10.9. The maximum absolute atomic E-state index is 14.4. The quantitative estimate of drug-likeness (QED) is 0.743. The number of halogens is 2. The first-order chi connectivity index (χ1) is 13.6. The number of rotatable bonds is 5. The number of carbonyl (C=O) groups is 1. The number of carbonyl (C=O) groups excluding carboxylic acids is 1. The zero-order chi connectivity index (χ0) is 19.7. The van der Waals surface area contributed by atoms with Gasteiger partial charge in [-0.25, -0.2) is 8.78 Å². The molecule has 4 rings (SSSR count). The van der Waals surface area contributed by atoms with E-state index >= 15 is 0 Å². The Morgan fingerprint density at radius 1 is 1.14 bits per heavy atom. The van der Waals surface area contributed by atoms with E-state index in [9.17, 15) is 13.6 Å². The van der Waals surface area contributed by atoms with Crippen molar-refractivity contribution >= 4 is 17.9 Å². The van der Waals surface area contributed by atoms with Crippen molar-refractivity contribution in [3.8, 4) is 11.1 Å². The highest BCUT2D eigenvalue weighted by Gasteiger charge is 2.47. The van der Waals surface area contributed by atoms with Crippen LogP contribution in [0.25, 0.3) is 11.1 Å². The highest BCUT2D eigenvalue weighted by molar-refractivity contribution is 7.96. The Hall–Kier alpha value is -1.92. The van der Waals surface area contributed by atoms with Crippen molar-refractivity contribution in [2.24, 2.45) is 5.92 Å². The van der Waals surface area contributed by atoms with E-state index in [1.165, 1.54) is 6.07 Å². The lowest BCUT2D eigenvalue weighted by atomic mass is 9.95. The third-order valence-electron chi connectivity index (χ3n) is 5.73. The number of hydrogen-bond donors (Lipinski definition) is 1. The van der Waals surface area contributed by atoms with Crippen molar-refractivity contribution in [2.45, 2.75) is 31.2 Å². The standard InChI is InChI=1S/C22H24F2N2OS/c1-28-25-14-6-5-11-26(13-14)22(27)19-12-18(19)16-8-3-2-7-15(16)17-9-4-10-20(23)21(17)24/h2-4,7-10,14,18-19,25H,5-6,11-13H2,1H3. The van der Waals surface area contributed by atoms with Crippen molar-refractivity contribution in [1.82, 2.24) is 9.62 Å². The van der Waals surface area contributed by atoms with Gasteiger partial charge in [-0.05, 0) is 48.6 Å². The van der Waals surface area contributed by atoms with Crippen LogP contribution in [0.15, 0.2) is 42.5 Å². The van der Waals surface area contributed by atoms with E-state index in [0.717, 1.165) is 44.0 Å². The maximum Gasteiger partial charge on any atom is 0.226 e. The van der Waals surface area contributed by atoms with Gasteiger partial charge < -0.3 is 4.90 Å². The van der Waals surface area contributed by atoms with Gasteiger partial charge in [0.15, 0.2) is 11.6 Å². The summed E-state index contributed by atoms with van der Waals surface area (Å²) in [6, 6.07) is 12.0. The van der Waals surface area contributed by atoms with Gasteiger partial charge >= 0.3 is 0 Å². The van der Waals surface area contributed by atoms with Crippen molar-refractivity contribution in [2.75, 3.05) is 19.3 Å². The maximum atomic E-state index is 14.4. The predicted molar refractivity (Wildman–Crippen MR) is 109 cm³/mol. The summed E-state index contributed by atoms with van der Waals surface area (Å²) in [6.45, 7) is 1.54. The molecule has 6 heteroatoms. The third-order valence-corrected chi connectivity index (χ3v) is 6.30. The molecule has 1 amide bonds. The van der Waals surface area contributed by atoms with Gasteiger partial charge in [-0.3, -0.25) is 9.52 Å². The van der Waals surface area contributed by atoms with Crippen LogP contribution < -0.4 is 4.72 Å². The first kappa shape index (κ1) is 19.4. The van der Waals surface area contributed by atoms with Gasteiger partial charge in [0.05, 0.1) is 0 Å². The molecule has 1 aliphatic carbocycles. The summed E-state index contributed by atoms with van der Waals surface area (Å²) in [5.41, 5.74) is 1.87. The fraction of sp³-hybridized carbons (Fsp3) is 0.409. The van der Waals surface area contributed by atoms with Crippen LogP contribution >= 0.6 is 11.9 Å². The Kier molecular flexibility index (Phi) is 5.69. The lowest BCUT2D eigenvalue weighted by Gasteiger charge is -2.33. The molecule has 1 heterocycles. The monoisotopic (exact) mass is 402 g/mol. The molecule has 2 aliphatic rings. The molecule has 3 unspecified atom stereocenters. The Morgan fingerprint density at radius 3 is 2.75 bits per heavy atom. The molecule has 3 atom stereocenters. The third kappa shape index (κ3) is 3.80. The van der Waals surface area contributed by atoms with Gasteiger partial charge in [0.1, 0.15) is 0 Å². The van der Waals surface area contributed by atoms with E-state index in [0.29, 0.717) is 11.6 Å². The topological polar surface area (TPSA) is 32.3 Å². The van der Waals surface area contributed by atoms with Crippen LogP contribution in [-0.2, 0) is 4.79 Å². The molecule has 28 heavy (non-hydrogen) atoms. The smallest absolute Gasteiger partial charge is 0.226 e. The summed E-state index contributed by atoms with van der Waals surface area (Å²) in [6.07, 6.45) is 4.86. The molecular weight excluding hydrogens is 378 g/mol. The first-order valence-electron chi connectivity index (χ1n) is 9.70. The number of nitrogens with one attached hydrogen (secondary N) is 1. The number of piperidine rings is 1. The number of benzene rings is 2. The molecule has 1 saturated carbocycles. The second kappa shape index (κ2) is 8.21. The van der Waals surface area contributed by atoms with Crippen LogP contribution in [0.2, 0.25) is 0 Å². The van der Waals surface area contributed by atoms with Crippen molar-refractivity contribution in [1.29, 1.82) is 0 Å². The molecule has 2 fully saturated rings.